The highest BCUT2D eigenvalue weighted by molar-refractivity contribution is 6.31. The topological polar surface area (TPSA) is 95.6 Å². The Morgan fingerprint density at radius 3 is 2.75 bits per heavy atom. The summed E-state index contributed by atoms with van der Waals surface area (Å²) < 4.78 is 0. The summed E-state index contributed by atoms with van der Waals surface area (Å²) in [4.78, 5) is 12.8. The number of fused-ring (bicyclic) bond motifs is 1. The molecule has 1 aromatic carbocycles. The van der Waals surface area contributed by atoms with Crippen LogP contribution in [0.5, 0.6) is 0 Å². The molecule has 5 nitrogen and oxygen atoms in total. The predicted molar refractivity (Wildman–Crippen MR) is 92.5 cm³/mol. The van der Waals surface area contributed by atoms with Gasteiger partial charge in [-0.2, -0.15) is 0 Å². The smallest absolute Gasteiger partial charge is 0.224 e. The molecule has 0 aromatic heterocycles. The van der Waals surface area contributed by atoms with Gasteiger partial charge in [0, 0.05) is 10.9 Å². The van der Waals surface area contributed by atoms with Crippen LogP contribution in [0.4, 0.5) is 0 Å². The number of benzene rings is 1. The van der Waals surface area contributed by atoms with E-state index < -0.39 is 12.2 Å². The van der Waals surface area contributed by atoms with Crippen molar-refractivity contribution in [1.82, 2.24) is 5.32 Å². The van der Waals surface area contributed by atoms with Crippen LogP contribution in [-0.2, 0) is 11.2 Å². The third-order valence-corrected chi connectivity index (χ3v) is 5.93. The van der Waals surface area contributed by atoms with Crippen LogP contribution in [-0.4, -0.2) is 34.9 Å². The zero-order chi connectivity index (χ0) is 17.4. The second-order valence-electron chi connectivity index (χ2n) is 7.18. The number of hydrogen-bond acceptors (Lipinski definition) is 4. The van der Waals surface area contributed by atoms with Crippen molar-refractivity contribution in [3.63, 3.8) is 0 Å². The number of carbonyl (C=O) groups is 1. The molecule has 1 amide bonds. The van der Waals surface area contributed by atoms with Crippen molar-refractivity contribution in [1.29, 1.82) is 0 Å². The maximum absolute atomic E-state index is 12.8. The molecule has 0 spiro atoms. The number of hydrogen-bond donors (Lipinski definition) is 4. The third kappa shape index (κ3) is 3.18. The van der Waals surface area contributed by atoms with Crippen molar-refractivity contribution in [2.75, 3.05) is 6.54 Å². The van der Waals surface area contributed by atoms with Gasteiger partial charge in [-0.25, -0.2) is 0 Å². The summed E-state index contributed by atoms with van der Waals surface area (Å²) in [6.07, 6.45) is -0.220. The number of rotatable bonds is 3. The highest BCUT2D eigenvalue weighted by Crippen LogP contribution is 2.40. The fraction of sp³-hybridized carbons (Fsp3) is 0.611. The predicted octanol–water partition coefficient (Wildman–Crippen LogP) is 1.40. The molecule has 0 aliphatic heterocycles. The van der Waals surface area contributed by atoms with Crippen molar-refractivity contribution < 1.29 is 15.0 Å². The van der Waals surface area contributed by atoms with Crippen LogP contribution >= 0.6 is 11.6 Å². The van der Waals surface area contributed by atoms with Gasteiger partial charge in [-0.3, -0.25) is 4.79 Å². The Bertz CT molecular complexity index is 624. The van der Waals surface area contributed by atoms with Gasteiger partial charge in [-0.05, 0) is 54.8 Å². The molecule has 6 atom stereocenters. The standard InChI is InChI=1S/C18H25ClN2O3/c1-9-5-13-11(3-2-4-14(13)19)17(9)21-18(24)12-7-16(23)15(22)6-10(12)8-20/h2-4,9-10,12,15-17,22-23H,5-8,20H2,1H3,(H,21,24)/t9?,10-,12-,15+,16-,17?/m1/s1. The molecule has 24 heavy (non-hydrogen) atoms. The molecule has 1 aromatic rings. The average molecular weight is 353 g/mol. The van der Waals surface area contributed by atoms with Crippen LogP contribution in [0.1, 0.15) is 36.9 Å². The average Bonchev–Trinajstić information content (AvgIpc) is 2.87. The number of nitrogens with two attached hydrogens (primary N) is 1. The van der Waals surface area contributed by atoms with Gasteiger partial charge in [0.1, 0.15) is 0 Å². The van der Waals surface area contributed by atoms with Crippen molar-refractivity contribution in [2.45, 2.75) is 44.4 Å². The number of aliphatic hydroxyl groups excluding tert-OH is 2. The second-order valence-corrected chi connectivity index (χ2v) is 7.59. The lowest BCUT2D eigenvalue weighted by Gasteiger charge is -2.36. The van der Waals surface area contributed by atoms with Crippen LogP contribution in [0.25, 0.3) is 0 Å². The van der Waals surface area contributed by atoms with Crippen molar-refractivity contribution in [2.24, 2.45) is 23.5 Å². The van der Waals surface area contributed by atoms with Crippen LogP contribution in [0.15, 0.2) is 18.2 Å². The molecule has 2 unspecified atom stereocenters. The molecule has 5 N–H and O–H groups in total. The first-order chi connectivity index (χ1) is 11.4. The number of aliphatic hydroxyl groups is 2. The summed E-state index contributed by atoms with van der Waals surface area (Å²) in [6.45, 7) is 2.42. The van der Waals surface area contributed by atoms with Gasteiger partial charge in [-0.15, -0.1) is 0 Å². The minimum atomic E-state index is -0.869. The minimum absolute atomic E-state index is 0.0754. The van der Waals surface area contributed by atoms with Gasteiger partial charge >= 0.3 is 0 Å². The molecular formula is C18H25ClN2O3. The summed E-state index contributed by atoms with van der Waals surface area (Å²) in [7, 11) is 0. The van der Waals surface area contributed by atoms with E-state index in [1.165, 1.54) is 0 Å². The first-order valence-electron chi connectivity index (χ1n) is 8.56. The summed E-state index contributed by atoms with van der Waals surface area (Å²) in [5.41, 5.74) is 7.96. The summed E-state index contributed by atoms with van der Waals surface area (Å²) in [5, 5.41) is 23.6. The normalized spacial score (nSPS) is 35.5. The monoisotopic (exact) mass is 352 g/mol. The molecule has 0 radical (unpaired) electrons. The van der Waals surface area contributed by atoms with Crippen LogP contribution in [0.3, 0.4) is 0 Å². The first-order valence-corrected chi connectivity index (χ1v) is 8.94. The van der Waals surface area contributed by atoms with Crippen molar-refractivity contribution in [3.05, 3.63) is 34.3 Å². The lowest BCUT2D eigenvalue weighted by molar-refractivity contribution is -0.134. The highest BCUT2D eigenvalue weighted by atomic mass is 35.5. The van der Waals surface area contributed by atoms with Gasteiger partial charge in [0.05, 0.1) is 18.2 Å². The molecule has 1 saturated carbocycles. The third-order valence-electron chi connectivity index (χ3n) is 5.58. The zero-order valence-electron chi connectivity index (χ0n) is 13.8. The Kier molecular flexibility index (Phi) is 5.16. The minimum Gasteiger partial charge on any atom is -0.390 e. The van der Waals surface area contributed by atoms with E-state index in [0.29, 0.717) is 13.0 Å². The van der Waals surface area contributed by atoms with Gasteiger partial charge < -0.3 is 21.3 Å². The maximum atomic E-state index is 12.8. The lowest BCUT2D eigenvalue weighted by Crippen LogP contribution is -2.48. The van der Waals surface area contributed by atoms with Crippen molar-refractivity contribution in [3.8, 4) is 0 Å². The maximum Gasteiger partial charge on any atom is 0.224 e. The van der Waals surface area contributed by atoms with Crippen LogP contribution in [0.2, 0.25) is 5.02 Å². The number of halogens is 1. The van der Waals surface area contributed by atoms with E-state index in [1.807, 2.05) is 18.2 Å². The Hall–Kier alpha value is -1.14. The molecule has 132 valence electrons. The Labute approximate surface area is 147 Å². The van der Waals surface area contributed by atoms with E-state index >= 15 is 0 Å². The van der Waals surface area contributed by atoms with E-state index in [0.717, 1.165) is 22.6 Å². The van der Waals surface area contributed by atoms with Gasteiger partial charge in [-0.1, -0.05) is 30.7 Å². The molecule has 0 heterocycles. The quantitative estimate of drug-likeness (QED) is 0.661. The molecule has 2 aliphatic rings. The number of amides is 1. The number of carbonyl (C=O) groups excluding carboxylic acids is 1. The lowest BCUT2D eigenvalue weighted by atomic mass is 9.75. The Morgan fingerprint density at radius 1 is 1.33 bits per heavy atom. The van der Waals surface area contributed by atoms with E-state index in [4.69, 9.17) is 17.3 Å². The van der Waals surface area contributed by atoms with E-state index in [-0.39, 0.29) is 36.1 Å². The molecule has 1 fully saturated rings. The summed E-state index contributed by atoms with van der Waals surface area (Å²) in [6, 6.07) is 5.71. The van der Waals surface area contributed by atoms with Gasteiger partial charge in [0.2, 0.25) is 5.91 Å². The second kappa shape index (κ2) is 7.00. The molecule has 3 rings (SSSR count). The molecule has 2 aliphatic carbocycles. The van der Waals surface area contributed by atoms with Crippen LogP contribution in [0, 0.1) is 17.8 Å². The molecule has 6 heteroatoms. The Balaban J connectivity index is 1.76. The molecule has 0 bridgehead atoms. The van der Waals surface area contributed by atoms with E-state index in [9.17, 15) is 15.0 Å². The Morgan fingerprint density at radius 2 is 2.04 bits per heavy atom. The highest BCUT2D eigenvalue weighted by Gasteiger charge is 2.40. The number of nitrogens with one attached hydrogen (secondary N) is 1. The molecule has 0 saturated heterocycles. The van der Waals surface area contributed by atoms with E-state index in [2.05, 4.69) is 12.2 Å². The summed E-state index contributed by atoms with van der Waals surface area (Å²) >= 11 is 6.28. The largest absolute Gasteiger partial charge is 0.390 e. The SMILES string of the molecule is CC1Cc2c(Cl)cccc2C1NC(=O)[C@@H]1C[C@@H](O)[C@@H](O)C[C@@H]1CN. The fourth-order valence-corrected chi connectivity index (χ4v) is 4.39. The zero-order valence-corrected chi connectivity index (χ0v) is 14.5. The van der Waals surface area contributed by atoms with Gasteiger partial charge in [0.15, 0.2) is 0 Å². The van der Waals surface area contributed by atoms with Gasteiger partial charge in [0.25, 0.3) is 0 Å². The fourth-order valence-electron chi connectivity index (χ4n) is 4.13. The molecular weight excluding hydrogens is 328 g/mol. The van der Waals surface area contributed by atoms with Crippen molar-refractivity contribution >= 4 is 17.5 Å². The summed E-state index contributed by atoms with van der Waals surface area (Å²) in [5.74, 6) is -0.317. The van der Waals surface area contributed by atoms with Crippen LogP contribution < -0.4 is 11.1 Å². The first kappa shape index (κ1) is 17.7. The van der Waals surface area contributed by atoms with E-state index in [1.54, 1.807) is 0 Å².